The summed E-state index contributed by atoms with van der Waals surface area (Å²) < 4.78 is 10.3. The molecule has 0 saturated heterocycles. The number of carbonyl (C=O) groups is 2. The molecule has 0 radical (unpaired) electrons. The van der Waals surface area contributed by atoms with Gasteiger partial charge in [0.1, 0.15) is 5.60 Å². The van der Waals surface area contributed by atoms with Crippen LogP contribution >= 0.6 is 0 Å². The summed E-state index contributed by atoms with van der Waals surface area (Å²) in [4.78, 5) is 27.5. The standard InChI is InChI=1S/C16H24N2O4/c1-6-11(2)21-14(19)12-7-8-13(17-9-12)10-18-15(20)22-16(3,4)5/h7-9,11H,6,10H2,1-5H3,(H,18,20). The van der Waals surface area contributed by atoms with Gasteiger partial charge in [0.25, 0.3) is 0 Å². The lowest BCUT2D eigenvalue weighted by Crippen LogP contribution is -2.32. The summed E-state index contributed by atoms with van der Waals surface area (Å²) in [7, 11) is 0. The fourth-order valence-electron chi connectivity index (χ4n) is 1.46. The molecular weight excluding hydrogens is 284 g/mol. The predicted octanol–water partition coefficient (Wildman–Crippen LogP) is 3.06. The number of nitrogens with zero attached hydrogens (tertiary/aromatic N) is 1. The van der Waals surface area contributed by atoms with Crippen molar-refractivity contribution in [3.8, 4) is 0 Å². The normalized spacial score (nSPS) is 12.4. The number of amides is 1. The van der Waals surface area contributed by atoms with Crippen LogP contribution in [0.4, 0.5) is 4.79 Å². The van der Waals surface area contributed by atoms with Crippen molar-refractivity contribution in [2.75, 3.05) is 0 Å². The third kappa shape index (κ3) is 6.56. The summed E-state index contributed by atoms with van der Waals surface area (Å²) in [6.07, 6.45) is 1.57. The molecule has 0 saturated carbocycles. The minimum atomic E-state index is -0.541. The van der Waals surface area contributed by atoms with E-state index in [1.807, 2.05) is 13.8 Å². The van der Waals surface area contributed by atoms with Crippen LogP contribution in [0.2, 0.25) is 0 Å². The van der Waals surface area contributed by atoms with Crippen LogP contribution in [0.5, 0.6) is 0 Å². The van der Waals surface area contributed by atoms with Gasteiger partial charge in [0.05, 0.1) is 23.9 Å². The molecule has 1 aromatic rings. The molecular formula is C16H24N2O4. The molecule has 0 bridgehead atoms. The Kier molecular flexibility index (Phi) is 6.34. The van der Waals surface area contributed by atoms with Crippen LogP contribution in [-0.4, -0.2) is 28.8 Å². The number of nitrogens with one attached hydrogen (secondary N) is 1. The van der Waals surface area contributed by atoms with Gasteiger partial charge in [0.15, 0.2) is 0 Å². The zero-order valence-corrected chi connectivity index (χ0v) is 13.8. The Hall–Kier alpha value is -2.11. The minimum Gasteiger partial charge on any atom is -0.459 e. The fraction of sp³-hybridized carbons (Fsp3) is 0.562. The summed E-state index contributed by atoms with van der Waals surface area (Å²) in [5, 5.41) is 2.61. The second kappa shape index (κ2) is 7.77. The van der Waals surface area contributed by atoms with Crippen LogP contribution < -0.4 is 5.32 Å². The molecule has 1 amide bonds. The van der Waals surface area contributed by atoms with Crippen molar-refractivity contribution in [3.63, 3.8) is 0 Å². The van der Waals surface area contributed by atoms with Gasteiger partial charge in [0.2, 0.25) is 0 Å². The predicted molar refractivity (Wildman–Crippen MR) is 82.5 cm³/mol. The lowest BCUT2D eigenvalue weighted by molar-refractivity contribution is 0.0333. The van der Waals surface area contributed by atoms with Gasteiger partial charge in [-0.1, -0.05) is 6.92 Å². The molecule has 1 N–H and O–H groups in total. The Morgan fingerprint density at radius 1 is 1.32 bits per heavy atom. The smallest absolute Gasteiger partial charge is 0.407 e. The maximum Gasteiger partial charge on any atom is 0.407 e. The Labute approximate surface area is 131 Å². The summed E-state index contributed by atoms with van der Waals surface area (Å²) >= 11 is 0. The molecule has 1 rings (SSSR count). The number of rotatable bonds is 5. The SMILES string of the molecule is CCC(C)OC(=O)c1ccc(CNC(=O)OC(C)(C)C)nc1. The molecule has 22 heavy (non-hydrogen) atoms. The van der Waals surface area contributed by atoms with Gasteiger partial charge in [-0.3, -0.25) is 4.98 Å². The molecule has 6 heteroatoms. The second-order valence-corrected chi connectivity index (χ2v) is 6.02. The number of carbonyl (C=O) groups excluding carboxylic acids is 2. The van der Waals surface area contributed by atoms with E-state index in [1.165, 1.54) is 6.20 Å². The van der Waals surface area contributed by atoms with Crippen molar-refractivity contribution in [1.82, 2.24) is 10.3 Å². The third-order valence-corrected chi connectivity index (χ3v) is 2.76. The van der Waals surface area contributed by atoms with Gasteiger partial charge in [-0.15, -0.1) is 0 Å². The average molecular weight is 308 g/mol. The lowest BCUT2D eigenvalue weighted by atomic mass is 10.2. The summed E-state index contributed by atoms with van der Waals surface area (Å²) in [5.41, 5.74) is 0.480. The molecule has 0 fully saturated rings. The maximum absolute atomic E-state index is 11.8. The Bertz CT molecular complexity index is 506. The average Bonchev–Trinajstić information content (AvgIpc) is 2.43. The van der Waals surface area contributed by atoms with E-state index in [1.54, 1.807) is 32.9 Å². The van der Waals surface area contributed by atoms with Gasteiger partial charge in [0, 0.05) is 6.20 Å². The van der Waals surface area contributed by atoms with Gasteiger partial charge in [-0.2, -0.15) is 0 Å². The largest absolute Gasteiger partial charge is 0.459 e. The number of ether oxygens (including phenoxy) is 2. The minimum absolute atomic E-state index is 0.124. The Morgan fingerprint density at radius 2 is 2.00 bits per heavy atom. The van der Waals surface area contributed by atoms with Crippen molar-refractivity contribution < 1.29 is 19.1 Å². The first-order valence-electron chi connectivity index (χ1n) is 7.34. The molecule has 1 heterocycles. The van der Waals surface area contributed by atoms with Crippen LogP contribution in [-0.2, 0) is 16.0 Å². The number of esters is 1. The molecule has 6 nitrogen and oxygen atoms in total. The van der Waals surface area contributed by atoms with Crippen molar-refractivity contribution in [2.45, 2.75) is 59.3 Å². The highest BCUT2D eigenvalue weighted by Gasteiger charge is 2.16. The zero-order valence-electron chi connectivity index (χ0n) is 13.8. The van der Waals surface area contributed by atoms with Crippen LogP contribution in [0.15, 0.2) is 18.3 Å². The molecule has 1 unspecified atom stereocenters. The Balaban J connectivity index is 2.51. The number of pyridine rings is 1. The van der Waals surface area contributed by atoms with Gasteiger partial charge >= 0.3 is 12.1 Å². The van der Waals surface area contributed by atoms with Crippen LogP contribution in [0.25, 0.3) is 0 Å². The lowest BCUT2D eigenvalue weighted by Gasteiger charge is -2.19. The van der Waals surface area contributed by atoms with Crippen LogP contribution in [0.1, 0.15) is 57.1 Å². The van der Waals surface area contributed by atoms with Crippen molar-refractivity contribution in [1.29, 1.82) is 0 Å². The molecule has 0 aliphatic rings. The third-order valence-electron chi connectivity index (χ3n) is 2.76. The summed E-state index contributed by atoms with van der Waals surface area (Å²) in [6, 6.07) is 3.30. The second-order valence-electron chi connectivity index (χ2n) is 6.02. The molecule has 1 aromatic heterocycles. The quantitative estimate of drug-likeness (QED) is 0.846. The van der Waals surface area contributed by atoms with Gasteiger partial charge < -0.3 is 14.8 Å². The van der Waals surface area contributed by atoms with Crippen LogP contribution in [0, 0.1) is 0 Å². The molecule has 0 aromatic carbocycles. The molecule has 122 valence electrons. The molecule has 0 spiro atoms. The highest BCUT2D eigenvalue weighted by molar-refractivity contribution is 5.89. The van der Waals surface area contributed by atoms with Crippen molar-refractivity contribution in [3.05, 3.63) is 29.6 Å². The fourth-order valence-corrected chi connectivity index (χ4v) is 1.46. The highest BCUT2D eigenvalue weighted by Crippen LogP contribution is 2.08. The molecule has 1 atom stereocenters. The van der Waals surface area contributed by atoms with E-state index < -0.39 is 17.7 Å². The highest BCUT2D eigenvalue weighted by atomic mass is 16.6. The van der Waals surface area contributed by atoms with Crippen molar-refractivity contribution >= 4 is 12.1 Å². The molecule has 0 aliphatic heterocycles. The first kappa shape index (κ1) is 17.9. The first-order valence-corrected chi connectivity index (χ1v) is 7.34. The zero-order chi connectivity index (χ0) is 16.8. The van der Waals surface area contributed by atoms with E-state index in [4.69, 9.17) is 9.47 Å². The van der Waals surface area contributed by atoms with E-state index >= 15 is 0 Å². The van der Waals surface area contributed by atoms with E-state index in [9.17, 15) is 9.59 Å². The maximum atomic E-state index is 11.8. The van der Waals surface area contributed by atoms with Gasteiger partial charge in [-0.05, 0) is 46.2 Å². The first-order chi connectivity index (χ1) is 10.2. The van der Waals surface area contributed by atoms with Gasteiger partial charge in [-0.25, -0.2) is 9.59 Å². The number of aromatic nitrogens is 1. The van der Waals surface area contributed by atoms with E-state index in [2.05, 4.69) is 10.3 Å². The summed E-state index contributed by atoms with van der Waals surface area (Å²) in [6.45, 7) is 9.40. The van der Waals surface area contributed by atoms with Crippen molar-refractivity contribution in [2.24, 2.45) is 0 Å². The van der Waals surface area contributed by atoms with E-state index in [0.29, 0.717) is 11.3 Å². The summed E-state index contributed by atoms with van der Waals surface area (Å²) in [5.74, 6) is -0.395. The number of alkyl carbamates (subject to hydrolysis) is 1. The number of hydrogen-bond acceptors (Lipinski definition) is 5. The Morgan fingerprint density at radius 3 is 2.50 bits per heavy atom. The topological polar surface area (TPSA) is 77.5 Å². The van der Waals surface area contributed by atoms with E-state index in [-0.39, 0.29) is 12.6 Å². The van der Waals surface area contributed by atoms with Crippen LogP contribution in [0.3, 0.4) is 0 Å². The van der Waals surface area contributed by atoms with E-state index in [0.717, 1.165) is 6.42 Å². The monoisotopic (exact) mass is 308 g/mol. The number of hydrogen-bond donors (Lipinski definition) is 1. The molecule has 0 aliphatic carbocycles.